The second kappa shape index (κ2) is 6.43. The Morgan fingerprint density at radius 3 is 2.75 bits per heavy atom. The number of nitrogens with two attached hydrogens (primary N) is 1. The SMILES string of the molecule is CC(C)CNc1nc(N)c(C(=O)N2CCC(C)CC2)s1. The average Bonchev–Trinajstić information content (AvgIpc) is 2.78. The molecule has 1 aromatic heterocycles. The van der Waals surface area contributed by atoms with Crippen LogP contribution in [0.5, 0.6) is 0 Å². The lowest BCUT2D eigenvalue weighted by molar-refractivity contribution is 0.0703. The zero-order valence-electron chi connectivity index (χ0n) is 12.5. The molecule has 0 spiro atoms. The lowest BCUT2D eigenvalue weighted by Gasteiger charge is -2.29. The van der Waals surface area contributed by atoms with E-state index >= 15 is 0 Å². The first-order valence-electron chi connectivity index (χ1n) is 7.26. The molecule has 0 atom stereocenters. The number of anilines is 2. The van der Waals surface area contributed by atoms with E-state index in [1.807, 2.05) is 4.90 Å². The number of piperidine rings is 1. The summed E-state index contributed by atoms with van der Waals surface area (Å²) in [5.41, 5.74) is 5.89. The van der Waals surface area contributed by atoms with E-state index in [9.17, 15) is 4.79 Å². The second-order valence-electron chi connectivity index (χ2n) is 5.98. The molecule has 5 nitrogen and oxygen atoms in total. The van der Waals surface area contributed by atoms with Crippen molar-refractivity contribution in [1.29, 1.82) is 0 Å². The number of likely N-dealkylation sites (tertiary alicyclic amines) is 1. The topological polar surface area (TPSA) is 71.2 Å². The van der Waals surface area contributed by atoms with E-state index in [0.717, 1.165) is 37.6 Å². The molecule has 0 radical (unpaired) electrons. The highest BCUT2D eigenvalue weighted by molar-refractivity contribution is 7.18. The molecule has 0 bridgehead atoms. The maximum Gasteiger partial charge on any atom is 0.267 e. The second-order valence-corrected chi connectivity index (χ2v) is 6.98. The maximum atomic E-state index is 12.5. The molecular formula is C14H24N4OS. The standard InChI is InChI=1S/C14H24N4OS/c1-9(2)8-16-14-17-12(15)11(20-14)13(19)18-6-4-10(3)5-7-18/h9-10H,4-8,15H2,1-3H3,(H,16,17). The smallest absolute Gasteiger partial charge is 0.267 e. The first-order chi connectivity index (χ1) is 9.47. The summed E-state index contributed by atoms with van der Waals surface area (Å²) in [4.78, 5) is 19.2. The van der Waals surface area contributed by atoms with Gasteiger partial charge in [0.05, 0.1) is 0 Å². The van der Waals surface area contributed by atoms with E-state index in [1.54, 1.807) is 0 Å². The van der Waals surface area contributed by atoms with Gasteiger partial charge < -0.3 is 16.0 Å². The Morgan fingerprint density at radius 1 is 1.50 bits per heavy atom. The largest absolute Gasteiger partial charge is 0.382 e. The Bertz CT molecular complexity index is 464. The molecule has 0 aliphatic carbocycles. The van der Waals surface area contributed by atoms with Crippen LogP contribution in [0.15, 0.2) is 0 Å². The molecule has 1 fully saturated rings. The van der Waals surface area contributed by atoms with Gasteiger partial charge in [-0.3, -0.25) is 4.79 Å². The highest BCUT2D eigenvalue weighted by Gasteiger charge is 2.25. The van der Waals surface area contributed by atoms with Crippen LogP contribution in [0.3, 0.4) is 0 Å². The molecule has 3 N–H and O–H groups in total. The van der Waals surface area contributed by atoms with Crippen LogP contribution < -0.4 is 11.1 Å². The Morgan fingerprint density at radius 2 is 2.15 bits per heavy atom. The van der Waals surface area contributed by atoms with Crippen LogP contribution in [-0.4, -0.2) is 35.4 Å². The van der Waals surface area contributed by atoms with E-state index in [1.165, 1.54) is 11.3 Å². The van der Waals surface area contributed by atoms with Crippen LogP contribution in [0, 0.1) is 11.8 Å². The normalized spacial score (nSPS) is 16.7. The third-order valence-corrected chi connectivity index (χ3v) is 4.60. The predicted molar refractivity (Wildman–Crippen MR) is 84.2 cm³/mol. The van der Waals surface area contributed by atoms with Crippen molar-refractivity contribution < 1.29 is 4.79 Å². The van der Waals surface area contributed by atoms with E-state index < -0.39 is 0 Å². The highest BCUT2D eigenvalue weighted by Crippen LogP contribution is 2.28. The van der Waals surface area contributed by atoms with Crippen molar-refractivity contribution in [3.8, 4) is 0 Å². The zero-order valence-corrected chi connectivity index (χ0v) is 13.3. The quantitative estimate of drug-likeness (QED) is 0.896. The molecule has 0 aromatic carbocycles. The van der Waals surface area contributed by atoms with Gasteiger partial charge in [0.1, 0.15) is 10.7 Å². The number of carbonyl (C=O) groups excluding carboxylic acids is 1. The van der Waals surface area contributed by atoms with Crippen LogP contribution in [0.2, 0.25) is 0 Å². The van der Waals surface area contributed by atoms with E-state index in [2.05, 4.69) is 31.1 Å². The number of aromatic nitrogens is 1. The van der Waals surface area contributed by atoms with Gasteiger partial charge in [-0.25, -0.2) is 4.98 Å². The summed E-state index contributed by atoms with van der Waals surface area (Å²) in [5, 5.41) is 3.97. The molecule has 2 heterocycles. The molecule has 1 saturated heterocycles. The number of nitrogens with zero attached hydrogens (tertiary/aromatic N) is 2. The van der Waals surface area contributed by atoms with Crippen molar-refractivity contribution in [2.24, 2.45) is 11.8 Å². The molecule has 0 saturated carbocycles. The number of nitrogen functional groups attached to an aromatic ring is 1. The van der Waals surface area contributed by atoms with Crippen LogP contribution in [0.25, 0.3) is 0 Å². The lowest BCUT2D eigenvalue weighted by Crippen LogP contribution is -2.37. The average molecular weight is 296 g/mol. The fourth-order valence-corrected chi connectivity index (χ4v) is 3.07. The molecule has 6 heteroatoms. The zero-order chi connectivity index (χ0) is 14.7. The minimum atomic E-state index is 0.0319. The summed E-state index contributed by atoms with van der Waals surface area (Å²) >= 11 is 1.37. The minimum Gasteiger partial charge on any atom is -0.382 e. The van der Waals surface area contributed by atoms with Crippen molar-refractivity contribution >= 4 is 28.2 Å². The number of thiazole rings is 1. The van der Waals surface area contributed by atoms with Crippen LogP contribution in [0.1, 0.15) is 43.3 Å². The van der Waals surface area contributed by atoms with Gasteiger partial charge in [-0.15, -0.1) is 0 Å². The van der Waals surface area contributed by atoms with Crippen molar-refractivity contribution in [2.75, 3.05) is 30.7 Å². The number of hydrogen-bond acceptors (Lipinski definition) is 5. The maximum absolute atomic E-state index is 12.5. The number of rotatable bonds is 4. The van der Waals surface area contributed by atoms with Gasteiger partial charge in [0.25, 0.3) is 5.91 Å². The molecule has 1 aliphatic heterocycles. The number of nitrogens with one attached hydrogen (secondary N) is 1. The molecule has 112 valence electrons. The van der Waals surface area contributed by atoms with Gasteiger partial charge in [0.15, 0.2) is 5.13 Å². The third-order valence-electron chi connectivity index (χ3n) is 3.58. The van der Waals surface area contributed by atoms with Crippen LogP contribution in [0.4, 0.5) is 10.9 Å². The summed E-state index contributed by atoms with van der Waals surface area (Å²) in [7, 11) is 0. The molecular weight excluding hydrogens is 272 g/mol. The summed E-state index contributed by atoms with van der Waals surface area (Å²) in [6.45, 7) is 8.98. The summed E-state index contributed by atoms with van der Waals surface area (Å²) in [6.07, 6.45) is 2.14. The number of carbonyl (C=O) groups is 1. The van der Waals surface area contributed by atoms with E-state index in [-0.39, 0.29) is 5.91 Å². The molecule has 20 heavy (non-hydrogen) atoms. The van der Waals surface area contributed by atoms with Gasteiger partial charge in [-0.05, 0) is 24.7 Å². The molecule has 1 amide bonds. The third kappa shape index (κ3) is 3.62. The monoisotopic (exact) mass is 296 g/mol. The first kappa shape index (κ1) is 15.1. The predicted octanol–water partition coefficient (Wildman–Crippen LogP) is 2.67. The Labute approximate surface area is 124 Å². The first-order valence-corrected chi connectivity index (χ1v) is 8.08. The highest BCUT2D eigenvalue weighted by atomic mass is 32.1. The summed E-state index contributed by atoms with van der Waals surface area (Å²) in [6, 6.07) is 0. The van der Waals surface area contributed by atoms with E-state index in [0.29, 0.717) is 22.5 Å². The molecule has 1 aliphatic rings. The molecule has 2 rings (SSSR count). The van der Waals surface area contributed by atoms with Crippen molar-refractivity contribution in [3.05, 3.63) is 4.88 Å². The van der Waals surface area contributed by atoms with Crippen molar-refractivity contribution in [2.45, 2.75) is 33.6 Å². The van der Waals surface area contributed by atoms with Gasteiger partial charge >= 0.3 is 0 Å². The number of hydrogen-bond donors (Lipinski definition) is 2. The summed E-state index contributed by atoms with van der Waals surface area (Å²) < 4.78 is 0. The minimum absolute atomic E-state index is 0.0319. The van der Waals surface area contributed by atoms with Gasteiger partial charge in [-0.2, -0.15) is 0 Å². The fraction of sp³-hybridized carbons (Fsp3) is 0.714. The van der Waals surface area contributed by atoms with Gasteiger partial charge in [-0.1, -0.05) is 32.1 Å². The van der Waals surface area contributed by atoms with Gasteiger partial charge in [0.2, 0.25) is 0 Å². The lowest BCUT2D eigenvalue weighted by atomic mass is 9.99. The number of amides is 1. The van der Waals surface area contributed by atoms with Gasteiger partial charge in [0, 0.05) is 19.6 Å². The van der Waals surface area contributed by atoms with Crippen molar-refractivity contribution in [3.63, 3.8) is 0 Å². The van der Waals surface area contributed by atoms with Crippen molar-refractivity contribution in [1.82, 2.24) is 9.88 Å². The molecule has 1 aromatic rings. The fourth-order valence-electron chi connectivity index (χ4n) is 2.21. The Kier molecular flexibility index (Phi) is 4.86. The van der Waals surface area contributed by atoms with Crippen LogP contribution in [-0.2, 0) is 0 Å². The molecule has 0 unspecified atom stereocenters. The Hall–Kier alpha value is -1.30. The summed E-state index contributed by atoms with van der Waals surface area (Å²) in [5.74, 6) is 1.62. The van der Waals surface area contributed by atoms with Crippen LogP contribution >= 0.6 is 11.3 Å². The van der Waals surface area contributed by atoms with E-state index in [4.69, 9.17) is 5.73 Å². The Balaban J connectivity index is 2.02.